The summed E-state index contributed by atoms with van der Waals surface area (Å²) in [6, 6.07) is 3.88. The van der Waals surface area contributed by atoms with Gasteiger partial charge >= 0.3 is 0 Å². The fraction of sp³-hybridized carbons (Fsp3) is 0.412. The number of ether oxygens (including phenoxy) is 1. The fourth-order valence-corrected chi connectivity index (χ4v) is 3.22. The van der Waals surface area contributed by atoms with Crippen molar-refractivity contribution in [1.82, 2.24) is 24.7 Å². The lowest BCUT2D eigenvalue weighted by molar-refractivity contribution is 0.338. The van der Waals surface area contributed by atoms with Crippen LogP contribution >= 0.6 is 0 Å². The summed E-state index contributed by atoms with van der Waals surface area (Å²) < 4.78 is 7.49. The second kappa shape index (κ2) is 6.54. The van der Waals surface area contributed by atoms with Crippen LogP contribution in [-0.2, 0) is 7.05 Å². The number of rotatable bonds is 4. The van der Waals surface area contributed by atoms with Crippen LogP contribution in [0.4, 0.5) is 11.6 Å². The molecule has 0 N–H and O–H groups in total. The third-order valence-electron chi connectivity index (χ3n) is 4.44. The monoisotopic (exact) mass is 339 g/mol. The van der Waals surface area contributed by atoms with E-state index in [4.69, 9.17) is 4.74 Å². The third-order valence-corrected chi connectivity index (χ3v) is 4.44. The molecule has 0 aromatic carbocycles. The van der Waals surface area contributed by atoms with Gasteiger partial charge in [0, 0.05) is 39.4 Å². The molecule has 4 rings (SSSR count). The van der Waals surface area contributed by atoms with Gasteiger partial charge in [0.05, 0.1) is 18.2 Å². The molecule has 1 aliphatic rings. The van der Waals surface area contributed by atoms with Gasteiger partial charge in [-0.1, -0.05) is 0 Å². The summed E-state index contributed by atoms with van der Waals surface area (Å²) in [5, 5.41) is 5.29. The Morgan fingerprint density at radius 3 is 2.56 bits per heavy atom. The number of aromatic nitrogens is 5. The van der Waals surface area contributed by atoms with Crippen LogP contribution in [-0.4, -0.2) is 57.5 Å². The summed E-state index contributed by atoms with van der Waals surface area (Å²) in [7, 11) is 1.90. The highest BCUT2D eigenvalue weighted by atomic mass is 16.5. The van der Waals surface area contributed by atoms with Gasteiger partial charge in [0.15, 0.2) is 17.2 Å². The Labute approximate surface area is 146 Å². The molecule has 25 heavy (non-hydrogen) atoms. The molecule has 0 unspecified atom stereocenters. The number of fused-ring (bicyclic) bond motifs is 1. The van der Waals surface area contributed by atoms with Crippen molar-refractivity contribution in [2.24, 2.45) is 7.05 Å². The minimum absolute atomic E-state index is 0.637. The summed E-state index contributed by atoms with van der Waals surface area (Å²) in [6.07, 6.45) is 5.26. The molecule has 1 saturated heterocycles. The normalized spacial score (nSPS) is 15.0. The van der Waals surface area contributed by atoms with Crippen LogP contribution < -0.4 is 14.5 Å². The molecule has 0 saturated carbocycles. The zero-order chi connectivity index (χ0) is 17.2. The molecule has 0 aliphatic carbocycles. The van der Waals surface area contributed by atoms with E-state index in [1.165, 1.54) is 0 Å². The molecule has 8 nitrogen and oxygen atoms in total. The van der Waals surface area contributed by atoms with E-state index in [2.05, 4.69) is 29.9 Å². The second-order valence-electron chi connectivity index (χ2n) is 5.93. The van der Waals surface area contributed by atoms with Gasteiger partial charge in [0.1, 0.15) is 12.1 Å². The first-order chi connectivity index (χ1) is 12.3. The SMILES string of the molecule is CCOc1cccnc1N1CCN(c2ncnc3c2cnn3C)CC1. The van der Waals surface area contributed by atoms with Crippen LogP contribution in [0.5, 0.6) is 5.75 Å². The Balaban J connectivity index is 1.54. The minimum atomic E-state index is 0.637. The van der Waals surface area contributed by atoms with Crippen molar-refractivity contribution in [3.05, 3.63) is 30.9 Å². The van der Waals surface area contributed by atoms with Gasteiger partial charge in [-0.05, 0) is 19.1 Å². The number of hydrogen-bond acceptors (Lipinski definition) is 7. The molecular weight excluding hydrogens is 318 g/mol. The smallest absolute Gasteiger partial charge is 0.171 e. The molecule has 0 spiro atoms. The van der Waals surface area contributed by atoms with E-state index in [1.807, 2.05) is 38.5 Å². The Hall–Kier alpha value is -2.90. The maximum Gasteiger partial charge on any atom is 0.171 e. The average Bonchev–Trinajstić information content (AvgIpc) is 3.04. The van der Waals surface area contributed by atoms with Crippen LogP contribution in [0.2, 0.25) is 0 Å². The molecule has 3 aromatic heterocycles. The van der Waals surface area contributed by atoms with Crippen molar-refractivity contribution in [1.29, 1.82) is 0 Å². The fourth-order valence-electron chi connectivity index (χ4n) is 3.22. The molecule has 1 aliphatic heterocycles. The molecule has 0 radical (unpaired) electrons. The lowest BCUT2D eigenvalue weighted by Crippen LogP contribution is -2.47. The first kappa shape index (κ1) is 15.6. The van der Waals surface area contributed by atoms with Crippen molar-refractivity contribution in [2.75, 3.05) is 42.6 Å². The summed E-state index contributed by atoms with van der Waals surface area (Å²) in [6.45, 7) is 6.08. The largest absolute Gasteiger partial charge is 0.490 e. The summed E-state index contributed by atoms with van der Waals surface area (Å²) in [5.74, 6) is 2.71. The maximum atomic E-state index is 5.71. The number of hydrogen-bond donors (Lipinski definition) is 0. The Morgan fingerprint density at radius 1 is 1.04 bits per heavy atom. The van der Waals surface area contributed by atoms with Crippen LogP contribution in [0.25, 0.3) is 11.0 Å². The number of anilines is 2. The summed E-state index contributed by atoms with van der Waals surface area (Å²) >= 11 is 0. The lowest BCUT2D eigenvalue weighted by Gasteiger charge is -2.36. The zero-order valence-corrected chi connectivity index (χ0v) is 14.5. The van der Waals surface area contributed by atoms with Crippen LogP contribution in [0.3, 0.4) is 0 Å². The topological polar surface area (TPSA) is 72.2 Å². The van der Waals surface area contributed by atoms with E-state index >= 15 is 0 Å². The van der Waals surface area contributed by atoms with Gasteiger partial charge in [-0.25, -0.2) is 15.0 Å². The Bertz CT molecular complexity index is 870. The van der Waals surface area contributed by atoms with Crippen molar-refractivity contribution in [3.63, 3.8) is 0 Å². The average molecular weight is 339 g/mol. The van der Waals surface area contributed by atoms with E-state index in [9.17, 15) is 0 Å². The standard InChI is InChI=1S/C17H21N7O/c1-3-25-14-5-4-6-18-17(14)24-9-7-23(8-10-24)16-13-11-21-22(2)15(13)19-12-20-16/h4-6,11-12H,3,7-10H2,1-2H3. The van der Waals surface area contributed by atoms with Gasteiger partial charge in [0.2, 0.25) is 0 Å². The van der Waals surface area contributed by atoms with Gasteiger partial charge < -0.3 is 14.5 Å². The third kappa shape index (κ3) is 2.84. The van der Waals surface area contributed by atoms with E-state index in [0.717, 1.165) is 54.6 Å². The minimum Gasteiger partial charge on any atom is -0.490 e. The quantitative estimate of drug-likeness (QED) is 0.713. The zero-order valence-electron chi connectivity index (χ0n) is 14.5. The highest BCUT2D eigenvalue weighted by Crippen LogP contribution is 2.28. The van der Waals surface area contributed by atoms with Gasteiger partial charge in [-0.15, -0.1) is 0 Å². The molecule has 4 heterocycles. The number of pyridine rings is 1. The summed E-state index contributed by atoms with van der Waals surface area (Å²) in [4.78, 5) is 17.9. The van der Waals surface area contributed by atoms with Crippen molar-refractivity contribution < 1.29 is 4.74 Å². The molecule has 8 heteroatoms. The van der Waals surface area contributed by atoms with E-state index < -0.39 is 0 Å². The molecule has 0 bridgehead atoms. The van der Waals surface area contributed by atoms with Gasteiger partial charge in [-0.3, -0.25) is 4.68 Å². The molecule has 0 atom stereocenters. The second-order valence-corrected chi connectivity index (χ2v) is 5.93. The Morgan fingerprint density at radius 2 is 1.80 bits per heavy atom. The first-order valence-electron chi connectivity index (χ1n) is 8.48. The number of nitrogens with zero attached hydrogens (tertiary/aromatic N) is 7. The highest BCUT2D eigenvalue weighted by Gasteiger charge is 2.23. The van der Waals surface area contributed by atoms with Crippen molar-refractivity contribution >= 4 is 22.7 Å². The maximum absolute atomic E-state index is 5.71. The number of aryl methyl sites for hydroxylation is 1. The predicted octanol–water partition coefficient (Wildman–Crippen LogP) is 1.48. The predicted molar refractivity (Wildman–Crippen MR) is 96.1 cm³/mol. The van der Waals surface area contributed by atoms with E-state index in [-0.39, 0.29) is 0 Å². The van der Waals surface area contributed by atoms with Crippen LogP contribution in [0.15, 0.2) is 30.9 Å². The molecule has 3 aromatic rings. The number of piperazine rings is 1. The van der Waals surface area contributed by atoms with Crippen molar-refractivity contribution in [2.45, 2.75) is 6.92 Å². The first-order valence-corrected chi connectivity index (χ1v) is 8.48. The molecule has 130 valence electrons. The lowest BCUT2D eigenvalue weighted by atomic mass is 10.2. The Kier molecular flexibility index (Phi) is 4.09. The molecular formula is C17H21N7O. The highest BCUT2D eigenvalue weighted by molar-refractivity contribution is 5.86. The van der Waals surface area contributed by atoms with Crippen LogP contribution in [0, 0.1) is 0 Å². The summed E-state index contributed by atoms with van der Waals surface area (Å²) in [5.41, 5.74) is 0.857. The molecule has 0 amide bonds. The van der Waals surface area contributed by atoms with Crippen molar-refractivity contribution in [3.8, 4) is 5.75 Å². The van der Waals surface area contributed by atoms with Gasteiger partial charge in [0.25, 0.3) is 0 Å². The van der Waals surface area contributed by atoms with E-state index in [1.54, 1.807) is 11.0 Å². The van der Waals surface area contributed by atoms with E-state index in [0.29, 0.717) is 6.61 Å². The van der Waals surface area contributed by atoms with Crippen LogP contribution in [0.1, 0.15) is 6.92 Å². The molecule has 1 fully saturated rings. The van der Waals surface area contributed by atoms with Gasteiger partial charge in [-0.2, -0.15) is 5.10 Å².